The Morgan fingerprint density at radius 1 is 1.17 bits per heavy atom. The normalized spacial score (nSPS) is 14.2. The maximum Gasteiger partial charge on any atom is 0.260 e. The maximum absolute atomic E-state index is 6.37. The Labute approximate surface area is 190 Å². The van der Waals surface area contributed by atoms with Crippen molar-refractivity contribution in [2.24, 2.45) is 0 Å². The van der Waals surface area contributed by atoms with Gasteiger partial charge in [0.05, 0.1) is 5.39 Å². The molecule has 4 heterocycles. The fourth-order valence-electron chi connectivity index (χ4n) is 4.11. The van der Waals surface area contributed by atoms with Crippen LogP contribution in [0.3, 0.4) is 0 Å². The molecular formula is C20H16Cl2N6S2. The highest BCUT2D eigenvalue weighted by Gasteiger charge is 2.25. The molecule has 0 saturated heterocycles. The molecule has 0 atom stereocenters. The number of halogens is 2. The predicted octanol–water partition coefficient (Wildman–Crippen LogP) is 5.77. The zero-order valence-corrected chi connectivity index (χ0v) is 19.2. The lowest BCUT2D eigenvalue weighted by Crippen LogP contribution is -2.01. The van der Waals surface area contributed by atoms with E-state index in [1.807, 2.05) is 34.9 Å². The van der Waals surface area contributed by atoms with Gasteiger partial charge in [-0.3, -0.25) is 0 Å². The molecule has 0 saturated carbocycles. The fourth-order valence-corrected chi connectivity index (χ4v) is 7.04. The zero-order valence-electron chi connectivity index (χ0n) is 16.0. The summed E-state index contributed by atoms with van der Waals surface area (Å²) in [5.74, 6) is 2.12. The first-order valence-electron chi connectivity index (χ1n) is 9.71. The second-order valence-electron chi connectivity index (χ2n) is 7.43. The predicted molar refractivity (Wildman–Crippen MR) is 122 cm³/mol. The minimum atomic E-state index is 0.636. The smallest absolute Gasteiger partial charge is 0.244 e. The molecule has 0 amide bonds. The molecule has 4 aromatic heterocycles. The van der Waals surface area contributed by atoms with E-state index >= 15 is 0 Å². The van der Waals surface area contributed by atoms with Crippen LogP contribution in [0.4, 0.5) is 0 Å². The number of hydrogen-bond acceptors (Lipinski definition) is 6. The van der Waals surface area contributed by atoms with Crippen molar-refractivity contribution in [1.29, 1.82) is 0 Å². The summed E-state index contributed by atoms with van der Waals surface area (Å²) in [5.41, 5.74) is 3.33. The molecule has 0 N–H and O–H groups in total. The van der Waals surface area contributed by atoms with Crippen LogP contribution in [-0.4, -0.2) is 29.2 Å². The quantitative estimate of drug-likeness (QED) is 0.310. The zero-order chi connectivity index (χ0) is 20.4. The van der Waals surface area contributed by atoms with Crippen molar-refractivity contribution in [3.05, 3.63) is 50.1 Å². The molecule has 0 bridgehead atoms. The molecule has 30 heavy (non-hydrogen) atoms. The fraction of sp³-hybridized carbons (Fsp3) is 0.300. The summed E-state index contributed by atoms with van der Waals surface area (Å²) in [6.07, 6.45) is 4.67. The molecule has 1 aromatic carbocycles. The molecule has 0 radical (unpaired) electrons. The summed E-state index contributed by atoms with van der Waals surface area (Å²) in [7, 11) is 0. The largest absolute Gasteiger partial charge is 0.260 e. The highest BCUT2D eigenvalue weighted by Crippen LogP contribution is 2.40. The summed E-state index contributed by atoms with van der Waals surface area (Å²) in [4.78, 5) is 7.35. The van der Waals surface area contributed by atoms with E-state index < -0.39 is 0 Å². The summed E-state index contributed by atoms with van der Waals surface area (Å²) >= 11 is 15.9. The molecule has 5 aromatic rings. The molecule has 0 fully saturated rings. The van der Waals surface area contributed by atoms with Gasteiger partial charge in [0.25, 0.3) is 5.78 Å². The van der Waals surface area contributed by atoms with E-state index in [2.05, 4.69) is 19.7 Å². The molecule has 6 rings (SSSR count). The third-order valence-corrected chi connectivity index (χ3v) is 8.31. The van der Waals surface area contributed by atoms with Gasteiger partial charge >= 0.3 is 0 Å². The molecule has 0 aliphatic heterocycles. The first-order chi connectivity index (χ1) is 14.6. The third kappa shape index (κ3) is 2.85. The molecule has 152 valence electrons. The van der Waals surface area contributed by atoms with Gasteiger partial charge in [0.1, 0.15) is 10.7 Å². The van der Waals surface area contributed by atoms with Crippen LogP contribution in [0.25, 0.3) is 21.6 Å². The monoisotopic (exact) mass is 474 g/mol. The van der Waals surface area contributed by atoms with Crippen LogP contribution in [0.5, 0.6) is 0 Å². The number of aromatic nitrogens is 6. The Balaban J connectivity index is 1.56. The lowest BCUT2D eigenvalue weighted by molar-refractivity contribution is 0.700. The van der Waals surface area contributed by atoms with Crippen LogP contribution in [0, 0.1) is 6.92 Å². The van der Waals surface area contributed by atoms with Crippen LogP contribution in [0.15, 0.2) is 23.4 Å². The number of aryl methyl sites for hydroxylation is 3. The van der Waals surface area contributed by atoms with Gasteiger partial charge in [0, 0.05) is 20.7 Å². The Bertz CT molecular complexity index is 1450. The van der Waals surface area contributed by atoms with E-state index in [0.29, 0.717) is 21.6 Å². The van der Waals surface area contributed by atoms with Crippen molar-refractivity contribution in [1.82, 2.24) is 29.2 Å². The van der Waals surface area contributed by atoms with Gasteiger partial charge in [-0.05, 0) is 55.9 Å². The molecular weight excluding hydrogens is 459 g/mol. The summed E-state index contributed by atoms with van der Waals surface area (Å²) in [6, 6.07) is 5.59. The second-order valence-corrected chi connectivity index (χ2v) is 10.3. The Hall–Kier alpha value is -1.87. The third-order valence-electron chi connectivity index (χ3n) is 5.47. The number of fused-ring (bicyclic) bond motifs is 8. The number of rotatable bonds is 3. The maximum atomic E-state index is 6.37. The number of nitrogens with zero attached hydrogens (tertiary/aromatic N) is 6. The van der Waals surface area contributed by atoms with Crippen LogP contribution < -0.4 is 0 Å². The molecule has 0 spiro atoms. The van der Waals surface area contributed by atoms with Crippen molar-refractivity contribution in [3.8, 4) is 0 Å². The van der Waals surface area contributed by atoms with Crippen molar-refractivity contribution < 1.29 is 0 Å². The molecule has 6 nitrogen and oxygen atoms in total. The van der Waals surface area contributed by atoms with Crippen molar-refractivity contribution >= 4 is 67.9 Å². The summed E-state index contributed by atoms with van der Waals surface area (Å²) in [6.45, 7) is 1.92. The highest BCUT2D eigenvalue weighted by molar-refractivity contribution is 7.98. The van der Waals surface area contributed by atoms with E-state index in [-0.39, 0.29) is 0 Å². The summed E-state index contributed by atoms with van der Waals surface area (Å²) < 4.78 is 3.97. The van der Waals surface area contributed by atoms with Crippen LogP contribution in [0.2, 0.25) is 10.0 Å². The van der Waals surface area contributed by atoms with Gasteiger partial charge in [-0.1, -0.05) is 41.0 Å². The minimum Gasteiger partial charge on any atom is -0.244 e. The van der Waals surface area contributed by atoms with E-state index in [1.54, 1.807) is 17.8 Å². The van der Waals surface area contributed by atoms with Gasteiger partial charge in [-0.15, -0.1) is 26.6 Å². The minimum absolute atomic E-state index is 0.636. The number of hydrogen-bond donors (Lipinski definition) is 0. The average molecular weight is 475 g/mol. The standard InChI is InChI=1S/C20H16Cl2N6S2/c1-10-23-17-16-13-4-2-3-5-15(13)30-18(16)27-19(28(17)26-10)24-25-20(27)29-9-11-6-7-12(21)8-14(11)22/h6-8H,2-5,9H2,1H3. The Morgan fingerprint density at radius 2 is 2.03 bits per heavy atom. The van der Waals surface area contributed by atoms with Gasteiger partial charge < -0.3 is 0 Å². The van der Waals surface area contributed by atoms with Crippen molar-refractivity contribution in [3.63, 3.8) is 0 Å². The highest BCUT2D eigenvalue weighted by atomic mass is 35.5. The first kappa shape index (κ1) is 18.9. The topological polar surface area (TPSA) is 60.4 Å². The first-order valence-corrected chi connectivity index (χ1v) is 12.3. The molecule has 10 heteroatoms. The number of thioether (sulfide) groups is 1. The SMILES string of the molecule is Cc1nc2c3c4c(sc3n3c(SCc5ccc(Cl)cc5Cl)nnc3n2n1)CCCC4. The Kier molecular flexibility index (Phi) is 4.46. The molecule has 1 aliphatic rings. The van der Waals surface area contributed by atoms with Gasteiger partial charge in [-0.2, -0.15) is 4.52 Å². The van der Waals surface area contributed by atoms with Crippen LogP contribution in [0.1, 0.15) is 34.7 Å². The number of benzene rings is 1. The van der Waals surface area contributed by atoms with Gasteiger partial charge in [0.15, 0.2) is 10.8 Å². The second kappa shape index (κ2) is 7.09. The van der Waals surface area contributed by atoms with E-state index in [1.165, 1.54) is 28.7 Å². The molecule has 0 unspecified atom stereocenters. The summed E-state index contributed by atoms with van der Waals surface area (Å²) in [5, 5.41) is 16.9. The van der Waals surface area contributed by atoms with Crippen LogP contribution >= 0.6 is 46.3 Å². The lowest BCUT2D eigenvalue weighted by atomic mass is 9.97. The van der Waals surface area contributed by atoms with Gasteiger partial charge in [-0.25, -0.2) is 9.38 Å². The lowest BCUT2D eigenvalue weighted by Gasteiger charge is -2.10. The molecule has 1 aliphatic carbocycles. The van der Waals surface area contributed by atoms with Crippen LogP contribution in [-0.2, 0) is 18.6 Å². The van der Waals surface area contributed by atoms with E-state index in [0.717, 1.165) is 39.9 Å². The number of thiophene rings is 1. The van der Waals surface area contributed by atoms with E-state index in [9.17, 15) is 0 Å². The Morgan fingerprint density at radius 3 is 2.90 bits per heavy atom. The van der Waals surface area contributed by atoms with Crippen molar-refractivity contribution in [2.45, 2.75) is 43.5 Å². The van der Waals surface area contributed by atoms with E-state index in [4.69, 9.17) is 28.2 Å². The van der Waals surface area contributed by atoms with Crippen molar-refractivity contribution in [2.75, 3.05) is 0 Å². The average Bonchev–Trinajstić information content (AvgIpc) is 3.41. The van der Waals surface area contributed by atoms with Gasteiger partial charge in [0.2, 0.25) is 0 Å².